The minimum absolute atomic E-state index is 0.0460. The number of rotatable bonds is 7. The monoisotopic (exact) mass is 471 g/mol. The average Bonchev–Trinajstić information content (AvgIpc) is 2.85. The van der Waals surface area contributed by atoms with Crippen molar-refractivity contribution >= 4 is 26.9 Å². The van der Waals surface area contributed by atoms with Crippen molar-refractivity contribution in [3.63, 3.8) is 0 Å². The van der Waals surface area contributed by atoms with Gasteiger partial charge >= 0.3 is 5.97 Å². The SMILES string of the molecule is Cn1c(CCC(=O)OCc2cccc(S(=O)(=O)N3CCOCC3)c2)nc(=O)c2ccccc21. The Kier molecular flexibility index (Phi) is 6.87. The van der Waals surface area contributed by atoms with Crippen molar-refractivity contribution in [3.05, 3.63) is 70.3 Å². The highest BCUT2D eigenvalue weighted by Crippen LogP contribution is 2.19. The Balaban J connectivity index is 1.38. The Bertz CT molecular complexity index is 1330. The first kappa shape index (κ1) is 23.1. The van der Waals surface area contributed by atoms with Gasteiger partial charge in [-0.15, -0.1) is 0 Å². The molecule has 2 heterocycles. The fourth-order valence-corrected chi connectivity index (χ4v) is 5.22. The van der Waals surface area contributed by atoms with E-state index in [1.165, 1.54) is 16.4 Å². The lowest BCUT2D eigenvalue weighted by Gasteiger charge is -2.26. The lowest BCUT2D eigenvalue weighted by molar-refractivity contribution is -0.144. The highest BCUT2D eigenvalue weighted by molar-refractivity contribution is 7.89. The molecule has 1 fully saturated rings. The van der Waals surface area contributed by atoms with Crippen molar-refractivity contribution in [2.45, 2.75) is 24.3 Å². The van der Waals surface area contributed by atoms with Gasteiger partial charge in [0.05, 0.1) is 35.4 Å². The third kappa shape index (κ3) is 5.13. The normalized spacial score (nSPS) is 14.9. The second-order valence-corrected chi connectivity index (χ2v) is 9.67. The number of benzene rings is 2. The number of morpholine rings is 1. The largest absolute Gasteiger partial charge is 0.461 e. The number of aryl methyl sites for hydroxylation is 2. The summed E-state index contributed by atoms with van der Waals surface area (Å²) < 4.78 is 39.4. The topological polar surface area (TPSA) is 108 Å². The van der Waals surface area contributed by atoms with Gasteiger partial charge in [-0.25, -0.2) is 8.42 Å². The molecule has 0 amide bonds. The van der Waals surface area contributed by atoms with Crippen LogP contribution in [0.4, 0.5) is 0 Å². The predicted octanol–water partition coefficient (Wildman–Crippen LogP) is 1.63. The third-order valence-corrected chi connectivity index (χ3v) is 7.47. The molecule has 0 saturated carbocycles. The van der Waals surface area contributed by atoms with Crippen molar-refractivity contribution in [1.29, 1.82) is 0 Å². The van der Waals surface area contributed by atoms with Crippen LogP contribution < -0.4 is 5.56 Å². The Morgan fingerprint density at radius 3 is 2.67 bits per heavy atom. The minimum Gasteiger partial charge on any atom is -0.461 e. The van der Waals surface area contributed by atoms with E-state index < -0.39 is 16.0 Å². The van der Waals surface area contributed by atoms with Crippen molar-refractivity contribution in [2.75, 3.05) is 26.3 Å². The molecule has 0 radical (unpaired) electrons. The second-order valence-electron chi connectivity index (χ2n) is 7.73. The first-order chi connectivity index (χ1) is 15.9. The number of carbonyl (C=O) groups is 1. The number of fused-ring (bicyclic) bond motifs is 1. The molecule has 1 aliphatic heterocycles. The molecular formula is C23H25N3O6S. The van der Waals surface area contributed by atoms with Gasteiger partial charge in [0.25, 0.3) is 5.56 Å². The van der Waals surface area contributed by atoms with Crippen LogP contribution in [0.3, 0.4) is 0 Å². The third-order valence-electron chi connectivity index (χ3n) is 5.57. The second kappa shape index (κ2) is 9.82. The molecule has 0 unspecified atom stereocenters. The molecule has 3 aromatic rings. The van der Waals surface area contributed by atoms with Gasteiger partial charge in [0.1, 0.15) is 12.4 Å². The van der Waals surface area contributed by atoms with Gasteiger partial charge in [-0.3, -0.25) is 9.59 Å². The van der Waals surface area contributed by atoms with Crippen LogP contribution in [0.2, 0.25) is 0 Å². The summed E-state index contributed by atoms with van der Waals surface area (Å²) in [6.07, 6.45) is 0.297. The van der Waals surface area contributed by atoms with Gasteiger partial charge in [-0.2, -0.15) is 9.29 Å². The molecule has 2 aromatic carbocycles. The summed E-state index contributed by atoms with van der Waals surface area (Å²) in [5, 5.41) is 0.526. The van der Waals surface area contributed by atoms with Crippen molar-refractivity contribution < 1.29 is 22.7 Å². The molecule has 1 aliphatic rings. The number of carbonyl (C=O) groups excluding carboxylic acids is 1. The van der Waals surface area contributed by atoms with Crippen LogP contribution in [-0.2, 0) is 44.4 Å². The van der Waals surface area contributed by atoms with E-state index in [1.807, 2.05) is 12.1 Å². The number of aromatic nitrogens is 2. The molecule has 1 aromatic heterocycles. The number of ether oxygens (including phenoxy) is 2. The first-order valence-electron chi connectivity index (χ1n) is 10.6. The molecule has 0 atom stereocenters. The van der Waals surface area contributed by atoms with Crippen LogP contribution in [0.25, 0.3) is 10.9 Å². The van der Waals surface area contributed by atoms with Crippen molar-refractivity contribution in [3.8, 4) is 0 Å². The van der Waals surface area contributed by atoms with E-state index in [0.717, 1.165) is 5.52 Å². The summed E-state index contributed by atoms with van der Waals surface area (Å²) in [7, 11) is -1.82. The Hall–Kier alpha value is -3.08. The Labute approximate surface area is 191 Å². The number of nitrogens with zero attached hydrogens (tertiary/aromatic N) is 3. The molecule has 0 N–H and O–H groups in total. The Morgan fingerprint density at radius 2 is 1.88 bits per heavy atom. The molecule has 0 spiro atoms. The molecule has 10 heteroatoms. The number of esters is 1. The van der Waals surface area contributed by atoms with E-state index in [-0.39, 0.29) is 29.9 Å². The summed E-state index contributed by atoms with van der Waals surface area (Å²) >= 11 is 0. The molecular weight excluding hydrogens is 446 g/mol. The molecule has 0 bridgehead atoms. The molecule has 4 rings (SSSR count). The van der Waals surface area contributed by atoms with Crippen LogP contribution >= 0.6 is 0 Å². The number of para-hydroxylation sites is 1. The maximum atomic E-state index is 12.8. The van der Waals surface area contributed by atoms with E-state index in [4.69, 9.17) is 9.47 Å². The number of hydrogen-bond donors (Lipinski definition) is 0. The van der Waals surface area contributed by atoms with Crippen molar-refractivity contribution in [1.82, 2.24) is 13.9 Å². The quantitative estimate of drug-likeness (QED) is 0.482. The first-order valence-corrected chi connectivity index (χ1v) is 12.1. The van der Waals surface area contributed by atoms with Crippen LogP contribution in [-0.4, -0.2) is 54.5 Å². The number of hydrogen-bond acceptors (Lipinski definition) is 7. The Morgan fingerprint density at radius 1 is 1.12 bits per heavy atom. The van der Waals surface area contributed by atoms with Gasteiger partial charge in [-0.1, -0.05) is 24.3 Å². The van der Waals surface area contributed by atoms with Gasteiger partial charge in [0.2, 0.25) is 10.0 Å². The lowest BCUT2D eigenvalue weighted by Crippen LogP contribution is -2.40. The smallest absolute Gasteiger partial charge is 0.306 e. The van der Waals surface area contributed by atoms with Crippen LogP contribution in [0, 0.1) is 0 Å². The fourth-order valence-electron chi connectivity index (χ4n) is 3.74. The van der Waals surface area contributed by atoms with E-state index in [2.05, 4.69) is 4.98 Å². The predicted molar refractivity (Wildman–Crippen MR) is 121 cm³/mol. The van der Waals surface area contributed by atoms with Gasteiger partial charge < -0.3 is 14.0 Å². The average molecular weight is 472 g/mol. The van der Waals surface area contributed by atoms with E-state index in [1.54, 1.807) is 35.9 Å². The van der Waals surface area contributed by atoms with Crippen LogP contribution in [0.5, 0.6) is 0 Å². The summed E-state index contributed by atoms with van der Waals surface area (Å²) in [5.41, 5.74) is 0.999. The fraction of sp³-hybridized carbons (Fsp3) is 0.348. The zero-order valence-corrected chi connectivity index (χ0v) is 19.1. The summed E-state index contributed by atoms with van der Waals surface area (Å²) in [5.74, 6) is 0.0353. The molecule has 174 valence electrons. The standard InChI is InChI=1S/C23H25N3O6S/c1-25-20-8-3-2-7-19(20)23(28)24-21(25)9-10-22(27)32-16-17-5-4-6-18(15-17)33(29,30)26-11-13-31-14-12-26/h2-8,15H,9-14,16H2,1H3. The summed E-state index contributed by atoms with van der Waals surface area (Å²) in [4.78, 5) is 28.8. The van der Waals surface area contributed by atoms with E-state index >= 15 is 0 Å². The molecule has 0 aliphatic carbocycles. The van der Waals surface area contributed by atoms with E-state index in [0.29, 0.717) is 43.1 Å². The zero-order valence-electron chi connectivity index (χ0n) is 18.3. The van der Waals surface area contributed by atoms with Gasteiger partial charge in [0, 0.05) is 26.6 Å². The highest BCUT2D eigenvalue weighted by atomic mass is 32.2. The molecule has 33 heavy (non-hydrogen) atoms. The van der Waals surface area contributed by atoms with Crippen molar-refractivity contribution in [2.24, 2.45) is 7.05 Å². The molecule has 1 saturated heterocycles. The zero-order chi connectivity index (χ0) is 23.4. The molecule has 9 nitrogen and oxygen atoms in total. The summed E-state index contributed by atoms with van der Waals surface area (Å²) in [6, 6.07) is 13.6. The van der Waals surface area contributed by atoms with E-state index in [9.17, 15) is 18.0 Å². The highest BCUT2D eigenvalue weighted by Gasteiger charge is 2.26. The van der Waals surface area contributed by atoms with Gasteiger partial charge in [0.15, 0.2) is 0 Å². The number of sulfonamides is 1. The van der Waals surface area contributed by atoms with Crippen LogP contribution in [0.15, 0.2) is 58.2 Å². The maximum absolute atomic E-state index is 12.8. The van der Waals surface area contributed by atoms with Gasteiger partial charge in [-0.05, 0) is 29.8 Å². The van der Waals surface area contributed by atoms with Crippen LogP contribution in [0.1, 0.15) is 17.8 Å². The lowest BCUT2D eigenvalue weighted by atomic mass is 10.2. The summed E-state index contributed by atoms with van der Waals surface area (Å²) in [6.45, 7) is 1.32. The minimum atomic E-state index is -3.62. The maximum Gasteiger partial charge on any atom is 0.306 e.